The molecule has 0 spiro atoms. The van der Waals surface area contributed by atoms with Crippen LogP contribution in [0.25, 0.3) is 0 Å². The summed E-state index contributed by atoms with van der Waals surface area (Å²) in [5.74, 6) is 1.50. The fourth-order valence-corrected chi connectivity index (χ4v) is 2.97. The van der Waals surface area contributed by atoms with Crippen molar-refractivity contribution in [2.24, 2.45) is 5.92 Å². The molecule has 0 unspecified atom stereocenters. The number of rotatable bonds is 5. The van der Waals surface area contributed by atoms with E-state index in [1.807, 2.05) is 35.2 Å². The number of piperazine rings is 1. The zero-order valence-corrected chi connectivity index (χ0v) is 14.0. The molecule has 3 rings (SSSR count). The van der Waals surface area contributed by atoms with Crippen LogP contribution in [0.5, 0.6) is 5.75 Å². The van der Waals surface area contributed by atoms with E-state index >= 15 is 0 Å². The number of nitrogens with zero attached hydrogens (tertiary/aromatic N) is 3. The average molecular weight is 325 g/mol. The maximum absolute atomic E-state index is 12.2. The van der Waals surface area contributed by atoms with Gasteiger partial charge < -0.3 is 9.64 Å². The van der Waals surface area contributed by atoms with Gasteiger partial charge in [0.15, 0.2) is 0 Å². The molecule has 5 heteroatoms. The zero-order chi connectivity index (χ0) is 16.9. The zero-order valence-electron chi connectivity index (χ0n) is 14.0. The third kappa shape index (κ3) is 3.95. The second kappa shape index (κ2) is 7.50. The van der Waals surface area contributed by atoms with Crippen molar-refractivity contribution in [3.05, 3.63) is 42.0 Å². The molecule has 1 atom stereocenters. The van der Waals surface area contributed by atoms with E-state index in [1.165, 1.54) is 12.8 Å². The second-order valence-corrected chi connectivity index (χ2v) is 6.36. The quantitative estimate of drug-likeness (QED) is 0.780. The first kappa shape index (κ1) is 16.5. The minimum absolute atomic E-state index is 0.0968. The van der Waals surface area contributed by atoms with Crippen LogP contribution in [0.15, 0.2) is 36.4 Å². The van der Waals surface area contributed by atoms with E-state index in [4.69, 9.17) is 4.74 Å². The predicted octanol–water partition coefficient (Wildman–Crippen LogP) is 2.37. The Labute approximate surface area is 143 Å². The van der Waals surface area contributed by atoms with Crippen LogP contribution in [0.3, 0.4) is 0 Å². The lowest BCUT2D eigenvalue weighted by atomic mass is 10.1. The highest BCUT2D eigenvalue weighted by molar-refractivity contribution is 5.87. The van der Waals surface area contributed by atoms with Crippen molar-refractivity contribution in [1.29, 1.82) is 5.26 Å². The maximum atomic E-state index is 12.2. The van der Waals surface area contributed by atoms with Gasteiger partial charge in [-0.3, -0.25) is 9.69 Å². The summed E-state index contributed by atoms with van der Waals surface area (Å²) < 4.78 is 5.17. The molecule has 126 valence electrons. The van der Waals surface area contributed by atoms with Crippen molar-refractivity contribution in [1.82, 2.24) is 9.80 Å². The summed E-state index contributed by atoms with van der Waals surface area (Å²) in [5.41, 5.74) is 0.965. The first-order valence-electron chi connectivity index (χ1n) is 8.46. The molecule has 2 fully saturated rings. The van der Waals surface area contributed by atoms with Crippen LogP contribution in [-0.4, -0.2) is 49.0 Å². The molecule has 1 heterocycles. The molecule has 2 aliphatic rings. The Morgan fingerprint density at radius 3 is 2.46 bits per heavy atom. The van der Waals surface area contributed by atoms with Gasteiger partial charge in [-0.05, 0) is 42.5 Å². The molecular weight excluding hydrogens is 302 g/mol. The van der Waals surface area contributed by atoms with E-state index in [9.17, 15) is 10.1 Å². The van der Waals surface area contributed by atoms with Gasteiger partial charge in [0.05, 0.1) is 13.2 Å². The monoisotopic (exact) mass is 325 g/mol. The van der Waals surface area contributed by atoms with Crippen LogP contribution in [0, 0.1) is 17.2 Å². The Kier molecular flexibility index (Phi) is 5.17. The number of ether oxygens (including phenoxy) is 1. The minimum atomic E-state index is -0.282. The van der Waals surface area contributed by atoms with Crippen molar-refractivity contribution in [2.45, 2.75) is 18.9 Å². The van der Waals surface area contributed by atoms with Crippen LogP contribution >= 0.6 is 0 Å². The summed E-state index contributed by atoms with van der Waals surface area (Å²) in [7, 11) is 1.63. The average Bonchev–Trinajstić information content (AvgIpc) is 3.46. The third-order valence-corrected chi connectivity index (χ3v) is 4.68. The van der Waals surface area contributed by atoms with Gasteiger partial charge in [-0.1, -0.05) is 18.2 Å². The number of hydrogen-bond donors (Lipinski definition) is 0. The van der Waals surface area contributed by atoms with E-state index in [0.29, 0.717) is 32.1 Å². The minimum Gasteiger partial charge on any atom is -0.497 e. The number of carbonyl (C=O) groups is 1. The molecule has 1 aliphatic heterocycles. The first-order valence-corrected chi connectivity index (χ1v) is 8.46. The number of methoxy groups -OCH3 is 1. The standard InChI is InChI=1S/C19H23N3O2/c1-24-17-7-5-16(6-8-17)18(14-20)21-10-12-22(13-11-21)19(23)9-4-15-2-3-15/h4-9,15,18H,2-3,10-13H2,1H3/b9-4+/t18-/m0/s1. The van der Waals surface area contributed by atoms with Crippen LogP contribution in [0.4, 0.5) is 0 Å². The number of carbonyl (C=O) groups excluding carboxylic acids is 1. The molecule has 1 aliphatic carbocycles. The molecule has 0 N–H and O–H groups in total. The van der Waals surface area contributed by atoms with Crippen LogP contribution in [-0.2, 0) is 4.79 Å². The third-order valence-electron chi connectivity index (χ3n) is 4.68. The highest BCUT2D eigenvalue weighted by Crippen LogP contribution is 2.30. The summed E-state index contributed by atoms with van der Waals surface area (Å²) in [6.07, 6.45) is 6.18. The Hall–Kier alpha value is -2.32. The summed E-state index contributed by atoms with van der Waals surface area (Å²) in [4.78, 5) is 16.2. The topological polar surface area (TPSA) is 56.6 Å². The van der Waals surface area contributed by atoms with Gasteiger partial charge in [0.1, 0.15) is 11.8 Å². The van der Waals surface area contributed by atoms with Crippen molar-refractivity contribution >= 4 is 5.91 Å². The normalized spacial score (nSPS) is 19.9. The molecule has 1 aromatic carbocycles. The lowest BCUT2D eigenvalue weighted by Gasteiger charge is -2.36. The Bertz CT molecular complexity index is 636. The molecule has 0 radical (unpaired) electrons. The molecular formula is C19H23N3O2. The van der Waals surface area contributed by atoms with Crippen molar-refractivity contribution in [2.75, 3.05) is 33.3 Å². The summed E-state index contributed by atoms with van der Waals surface area (Å²) in [6, 6.07) is 9.72. The van der Waals surface area contributed by atoms with Gasteiger partial charge >= 0.3 is 0 Å². The van der Waals surface area contributed by atoms with Gasteiger partial charge in [-0.2, -0.15) is 5.26 Å². The van der Waals surface area contributed by atoms with Crippen molar-refractivity contribution in [3.63, 3.8) is 0 Å². The van der Waals surface area contributed by atoms with Gasteiger partial charge in [-0.15, -0.1) is 0 Å². The molecule has 1 aromatic rings. The van der Waals surface area contributed by atoms with Gasteiger partial charge in [-0.25, -0.2) is 0 Å². The first-order chi connectivity index (χ1) is 11.7. The van der Waals surface area contributed by atoms with E-state index in [1.54, 1.807) is 13.2 Å². The predicted molar refractivity (Wildman–Crippen MR) is 91.4 cm³/mol. The number of benzene rings is 1. The van der Waals surface area contributed by atoms with E-state index < -0.39 is 0 Å². The lowest BCUT2D eigenvalue weighted by molar-refractivity contribution is -0.127. The number of amides is 1. The Morgan fingerprint density at radius 2 is 1.92 bits per heavy atom. The van der Waals surface area contributed by atoms with Gasteiger partial charge in [0.25, 0.3) is 0 Å². The van der Waals surface area contributed by atoms with Crippen LogP contribution in [0.1, 0.15) is 24.4 Å². The van der Waals surface area contributed by atoms with Crippen LogP contribution in [0.2, 0.25) is 0 Å². The maximum Gasteiger partial charge on any atom is 0.246 e. The molecule has 1 saturated carbocycles. The number of allylic oxidation sites excluding steroid dienone is 1. The smallest absolute Gasteiger partial charge is 0.246 e. The Balaban J connectivity index is 1.57. The number of nitriles is 1. The van der Waals surface area contributed by atoms with E-state index in [-0.39, 0.29) is 11.9 Å². The van der Waals surface area contributed by atoms with Crippen LogP contribution < -0.4 is 4.74 Å². The van der Waals surface area contributed by atoms with Crippen molar-refractivity contribution < 1.29 is 9.53 Å². The van der Waals surface area contributed by atoms with Gasteiger partial charge in [0.2, 0.25) is 5.91 Å². The second-order valence-electron chi connectivity index (χ2n) is 6.36. The molecule has 0 aromatic heterocycles. The summed E-state index contributed by atoms with van der Waals surface area (Å²) in [6.45, 7) is 2.77. The molecule has 5 nitrogen and oxygen atoms in total. The largest absolute Gasteiger partial charge is 0.497 e. The van der Waals surface area contributed by atoms with E-state index in [0.717, 1.165) is 11.3 Å². The lowest BCUT2D eigenvalue weighted by Crippen LogP contribution is -2.49. The SMILES string of the molecule is COc1ccc([C@H](C#N)N2CCN(C(=O)/C=C/C3CC3)CC2)cc1. The fraction of sp³-hybridized carbons (Fsp3) is 0.474. The van der Waals surface area contributed by atoms with Crippen molar-refractivity contribution in [3.8, 4) is 11.8 Å². The number of hydrogen-bond acceptors (Lipinski definition) is 4. The highest BCUT2D eigenvalue weighted by Gasteiger charge is 2.26. The fourth-order valence-electron chi connectivity index (χ4n) is 2.97. The van der Waals surface area contributed by atoms with Gasteiger partial charge in [0, 0.05) is 26.2 Å². The summed E-state index contributed by atoms with van der Waals surface area (Å²) in [5, 5.41) is 9.57. The molecule has 0 bridgehead atoms. The Morgan fingerprint density at radius 1 is 1.25 bits per heavy atom. The summed E-state index contributed by atoms with van der Waals surface area (Å²) >= 11 is 0. The van der Waals surface area contributed by atoms with E-state index in [2.05, 4.69) is 11.0 Å². The molecule has 24 heavy (non-hydrogen) atoms. The molecule has 1 amide bonds. The highest BCUT2D eigenvalue weighted by atomic mass is 16.5. The molecule has 1 saturated heterocycles.